The van der Waals surface area contributed by atoms with Gasteiger partial charge in [-0.25, -0.2) is 9.07 Å². The van der Waals surface area contributed by atoms with Gasteiger partial charge in [-0.05, 0) is 55.9 Å². The molecular formula is C22H23FN6O2. The van der Waals surface area contributed by atoms with Crippen LogP contribution in [0.25, 0.3) is 16.7 Å². The van der Waals surface area contributed by atoms with Crippen molar-refractivity contribution in [3.8, 4) is 5.82 Å². The van der Waals surface area contributed by atoms with Crippen LogP contribution in [0, 0.1) is 12.7 Å². The van der Waals surface area contributed by atoms with Crippen LogP contribution in [0.15, 0.2) is 59.7 Å². The third-order valence-corrected chi connectivity index (χ3v) is 5.05. The molecule has 0 saturated heterocycles. The van der Waals surface area contributed by atoms with E-state index in [9.17, 15) is 14.3 Å². The zero-order valence-electron chi connectivity index (χ0n) is 17.2. The molecule has 0 bridgehead atoms. The van der Waals surface area contributed by atoms with Gasteiger partial charge in [0, 0.05) is 36.1 Å². The molecule has 3 N–H and O–H groups in total. The monoisotopic (exact) mass is 422 g/mol. The number of rotatable bonds is 7. The van der Waals surface area contributed by atoms with Gasteiger partial charge in [0.15, 0.2) is 5.82 Å². The smallest absolute Gasteiger partial charge is 0.266 e. The molecule has 1 aromatic carbocycles. The summed E-state index contributed by atoms with van der Waals surface area (Å²) >= 11 is 0. The molecule has 0 saturated carbocycles. The average Bonchev–Trinajstić information content (AvgIpc) is 3.10. The van der Waals surface area contributed by atoms with Crippen molar-refractivity contribution in [1.82, 2.24) is 24.6 Å². The predicted octanol–water partition coefficient (Wildman–Crippen LogP) is 2.35. The predicted molar refractivity (Wildman–Crippen MR) is 117 cm³/mol. The van der Waals surface area contributed by atoms with Crippen molar-refractivity contribution >= 4 is 16.6 Å². The van der Waals surface area contributed by atoms with Crippen LogP contribution in [0.1, 0.15) is 17.5 Å². The Bertz CT molecular complexity index is 1280. The van der Waals surface area contributed by atoms with Gasteiger partial charge in [0.1, 0.15) is 12.0 Å². The second kappa shape index (κ2) is 8.66. The maximum absolute atomic E-state index is 13.8. The molecule has 4 aromatic rings. The van der Waals surface area contributed by atoms with Gasteiger partial charge >= 0.3 is 0 Å². The van der Waals surface area contributed by atoms with Crippen LogP contribution in [0.2, 0.25) is 0 Å². The molecule has 9 heteroatoms. The molecule has 3 heterocycles. The van der Waals surface area contributed by atoms with Crippen LogP contribution < -0.4 is 16.2 Å². The molecule has 0 amide bonds. The molecule has 31 heavy (non-hydrogen) atoms. The van der Waals surface area contributed by atoms with E-state index in [4.69, 9.17) is 0 Å². The van der Waals surface area contributed by atoms with Gasteiger partial charge in [-0.1, -0.05) is 0 Å². The van der Waals surface area contributed by atoms with Gasteiger partial charge < -0.3 is 10.4 Å². The first-order valence-electron chi connectivity index (χ1n) is 9.87. The summed E-state index contributed by atoms with van der Waals surface area (Å²) in [7, 11) is 1.64. The van der Waals surface area contributed by atoms with E-state index in [2.05, 4.69) is 20.7 Å². The molecule has 1 atom stereocenters. The van der Waals surface area contributed by atoms with Crippen molar-refractivity contribution in [2.24, 2.45) is 0 Å². The summed E-state index contributed by atoms with van der Waals surface area (Å²) in [5, 5.41) is 21.2. The highest BCUT2D eigenvalue weighted by atomic mass is 19.1. The van der Waals surface area contributed by atoms with Crippen molar-refractivity contribution in [1.29, 1.82) is 0 Å². The average molecular weight is 422 g/mol. The van der Waals surface area contributed by atoms with Gasteiger partial charge in [-0.2, -0.15) is 5.10 Å². The van der Waals surface area contributed by atoms with E-state index in [-0.39, 0.29) is 11.4 Å². The number of hydrogen-bond acceptors (Lipinski definition) is 6. The fourth-order valence-electron chi connectivity index (χ4n) is 3.45. The summed E-state index contributed by atoms with van der Waals surface area (Å²) < 4.78 is 16.9. The van der Waals surface area contributed by atoms with Gasteiger partial charge in [0.25, 0.3) is 5.56 Å². The van der Waals surface area contributed by atoms with E-state index in [0.29, 0.717) is 30.1 Å². The lowest BCUT2D eigenvalue weighted by Crippen LogP contribution is -2.26. The number of pyridine rings is 1. The first kappa shape index (κ1) is 20.7. The number of anilines is 1. The van der Waals surface area contributed by atoms with Gasteiger partial charge in [-0.15, -0.1) is 0 Å². The summed E-state index contributed by atoms with van der Waals surface area (Å²) in [6.07, 6.45) is 2.62. The number of aliphatic hydroxyl groups is 1. The number of benzene rings is 1. The van der Waals surface area contributed by atoms with Crippen LogP contribution in [-0.4, -0.2) is 38.0 Å². The highest BCUT2D eigenvalue weighted by Gasteiger charge is 2.11. The lowest BCUT2D eigenvalue weighted by Gasteiger charge is -2.12. The van der Waals surface area contributed by atoms with Gasteiger partial charge in [-0.3, -0.25) is 19.7 Å². The quantitative estimate of drug-likeness (QED) is 0.396. The Morgan fingerprint density at radius 1 is 1.19 bits per heavy atom. The number of aromatic nitrogens is 4. The molecule has 4 rings (SSSR count). The standard InChI is InChI=1S/C22H23FN6O2/c1-14-13-28(19-11-15(23)3-4-17(14)19)20-5-6-21(30)29(27-20)10-9-25-16-7-8-26-18(12-16)22(31)24-2/h3-8,11-13,22,24,31H,9-10H2,1-2H3,(H,25,26). The van der Waals surface area contributed by atoms with E-state index in [1.807, 2.05) is 13.1 Å². The normalized spacial score (nSPS) is 12.3. The van der Waals surface area contributed by atoms with E-state index in [1.165, 1.54) is 22.9 Å². The Morgan fingerprint density at radius 3 is 2.84 bits per heavy atom. The number of hydrogen-bond donors (Lipinski definition) is 3. The van der Waals surface area contributed by atoms with Crippen molar-refractivity contribution in [2.75, 3.05) is 18.9 Å². The third kappa shape index (κ3) is 4.32. The Balaban J connectivity index is 1.55. The Labute approximate surface area is 178 Å². The van der Waals surface area contributed by atoms with Crippen molar-refractivity contribution in [3.05, 3.63) is 82.3 Å². The number of nitrogens with zero attached hydrogens (tertiary/aromatic N) is 4. The number of nitrogens with one attached hydrogen (secondary N) is 2. The van der Waals surface area contributed by atoms with Crippen molar-refractivity contribution in [2.45, 2.75) is 19.7 Å². The van der Waals surface area contributed by atoms with E-state index < -0.39 is 6.23 Å². The lowest BCUT2D eigenvalue weighted by molar-refractivity contribution is 0.144. The maximum atomic E-state index is 13.8. The number of aliphatic hydroxyl groups excluding tert-OH is 1. The fraction of sp³-hybridized carbons (Fsp3) is 0.227. The topological polar surface area (TPSA) is 97.0 Å². The first-order chi connectivity index (χ1) is 15.0. The van der Waals surface area contributed by atoms with Gasteiger partial charge in [0.05, 0.1) is 17.8 Å². The highest BCUT2D eigenvalue weighted by Crippen LogP contribution is 2.24. The molecule has 160 valence electrons. The third-order valence-electron chi connectivity index (χ3n) is 5.05. The van der Waals surface area contributed by atoms with Crippen LogP contribution >= 0.6 is 0 Å². The number of fused-ring (bicyclic) bond motifs is 1. The van der Waals surface area contributed by atoms with Crippen LogP contribution in [0.4, 0.5) is 10.1 Å². The zero-order chi connectivity index (χ0) is 22.0. The van der Waals surface area contributed by atoms with Crippen LogP contribution in [-0.2, 0) is 6.54 Å². The molecule has 0 aliphatic carbocycles. The Kier molecular flexibility index (Phi) is 5.79. The molecule has 3 aromatic heterocycles. The summed E-state index contributed by atoms with van der Waals surface area (Å²) in [6.45, 7) is 2.71. The highest BCUT2D eigenvalue weighted by molar-refractivity contribution is 5.85. The maximum Gasteiger partial charge on any atom is 0.266 e. The first-order valence-corrected chi connectivity index (χ1v) is 9.87. The summed E-state index contributed by atoms with van der Waals surface area (Å²) in [6, 6.07) is 11.2. The minimum absolute atomic E-state index is 0.231. The number of halogens is 1. The molecular weight excluding hydrogens is 399 g/mol. The minimum atomic E-state index is -0.854. The zero-order valence-corrected chi connectivity index (χ0v) is 17.2. The Morgan fingerprint density at radius 2 is 2.03 bits per heavy atom. The van der Waals surface area contributed by atoms with Crippen LogP contribution in [0.3, 0.4) is 0 Å². The Hall–Kier alpha value is -3.56. The number of aryl methyl sites for hydroxylation is 1. The molecule has 1 unspecified atom stereocenters. The molecule has 0 aliphatic rings. The fourth-order valence-corrected chi connectivity index (χ4v) is 3.45. The van der Waals surface area contributed by atoms with Crippen molar-refractivity contribution in [3.63, 3.8) is 0 Å². The SMILES string of the molecule is CNC(O)c1cc(NCCn2nc(-n3cc(C)c4ccc(F)cc43)ccc2=O)ccn1. The van der Waals surface area contributed by atoms with Gasteiger partial charge in [0.2, 0.25) is 0 Å². The molecule has 0 spiro atoms. The van der Waals surface area contributed by atoms with E-state index in [1.54, 1.807) is 42.1 Å². The minimum Gasteiger partial charge on any atom is -0.383 e. The van der Waals surface area contributed by atoms with E-state index in [0.717, 1.165) is 16.6 Å². The van der Waals surface area contributed by atoms with E-state index >= 15 is 0 Å². The molecule has 0 radical (unpaired) electrons. The van der Waals surface area contributed by atoms with Crippen molar-refractivity contribution < 1.29 is 9.50 Å². The molecule has 0 fully saturated rings. The summed E-state index contributed by atoms with van der Waals surface area (Å²) in [4.78, 5) is 16.4. The summed E-state index contributed by atoms with van der Waals surface area (Å²) in [5.41, 5.74) is 2.72. The summed E-state index contributed by atoms with van der Waals surface area (Å²) in [5.74, 6) is 0.205. The lowest BCUT2D eigenvalue weighted by atomic mass is 10.2. The second-order valence-electron chi connectivity index (χ2n) is 7.18. The largest absolute Gasteiger partial charge is 0.383 e. The van der Waals surface area contributed by atoms with Crippen LogP contribution in [0.5, 0.6) is 0 Å². The second-order valence-corrected chi connectivity index (χ2v) is 7.18. The molecule has 0 aliphatic heterocycles. The molecule has 8 nitrogen and oxygen atoms in total.